The Morgan fingerprint density at radius 2 is 1.58 bits per heavy atom. The molecule has 136 valence electrons. The maximum Gasteiger partial charge on any atom is 0.336 e. The molecule has 0 bridgehead atoms. The van der Waals surface area contributed by atoms with E-state index in [1.807, 2.05) is 36.1 Å². The number of hydrazine groups is 1. The van der Waals surface area contributed by atoms with E-state index in [1.54, 1.807) is 29.2 Å². The van der Waals surface area contributed by atoms with Gasteiger partial charge in [-0.3, -0.25) is 10.2 Å². The standard InChI is InChI=1S/C19H22N4O3/c1-14-6-8-15(9-7-14)18(25)20-21-19(26)23-12-10-22(11-13-23)16-4-2-3-5-17(16)24/h2-9,24H,10-13H2,1H3,(H,20,25)(H,21,26). The van der Waals surface area contributed by atoms with Crippen molar-refractivity contribution in [3.8, 4) is 5.75 Å². The highest BCUT2D eigenvalue weighted by molar-refractivity contribution is 5.95. The van der Waals surface area contributed by atoms with Crippen LogP contribution in [0.1, 0.15) is 15.9 Å². The maximum absolute atomic E-state index is 12.2. The zero-order chi connectivity index (χ0) is 18.5. The fourth-order valence-electron chi connectivity index (χ4n) is 2.85. The molecule has 7 heteroatoms. The number of hydrogen-bond donors (Lipinski definition) is 3. The van der Waals surface area contributed by atoms with E-state index < -0.39 is 0 Å². The minimum atomic E-state index is -0.355. The third kappa shape index (κ3) is 4.05. The number of nitrogens with zero attached hydrogens (tertiary/aromatic N) is 2. The third-order valence-electron chi connectivity index (χ3n) is 4.39. The quantitative estimate of drug-likeness (QED) is 0.719. The molecule has 2 aromatic rings. The van der Waals surface area contributed by atoms with Crippen LogP contribution in [0.3, 0.4) is 0 Å². The van der Waals surface area contributed by atoms with Crippen molar-refractivity contribution in [1.82, 2.24) is 15.8 Å². The number of carbonyl (C=O) groups excluding carboxylic acids is 2. The molecule has 1 aliphatic rings. The van der Waals surface area contributed by atoms with Crippen LogP contribution in [-0.2, 0) is 0 Å². The van der Waals surface area contributed by atoms with Gasteiger partial charge in [-0.25, -0.2) is 10.2 Å². The summed E-state index contributed by atoms with van der Waals surface area (Å²) in [4.78, 5) is 27.9. The topological polar surface area (TPSA) is 84.9 Å². The molecule has 0 unspecified atom stereocenters. The summed E-state index contributed by atoms with van der Waals surface area (Å²) >= 11 is 0. The van der Waals surface area contributed by atoms with Crippen LogP contribution >= 0.6 is 0 Å². The van der Waals surface area contributed by atoms with Crippen LogP contribution in [0.2, 0.25) is 0 Å². The van der Waals surface area contributed by atoms with Gasteiger partial charge in [-0.05, 0) is 31.2 Å². The molecule has 3 amide bonds. The molecule has 3 N–H and O–H groups in total. The van der Waals surface area contributed by atoms with Gasteiger partial charge in [-0.1, -0.05) is 29.8 Å². The SMILES string of the molecule is Cc1ccc(C(=O)NNC(=O)N2CCN(c3ccccc3O)CC2)cc1. The van der Waals surface area contributed by atoms with E-state index in [9.17, 15) is 14.7 Å². The number of piperazine rings is 1. The molecule has 1 heterocycles. The van der Waals surface area contributed by atoms with Crippen molar-refractivity contribution in [3.05, 3.63) is 59.7 Å². The average molecular weight is 354 g/mol. The normalized spacial score (nSPS) is 14.0. The predicted octanol–water partition coefficient (Wildman–Crippen LogP) is 1.88. The summed E-state index contributed by atoms with van der Waals surface area (Å²) in [5, 5.41) is 9.93. The Balaban J connectivity index is 1.48. The largest absolute Gasteiger partial charge is 0.506 e. The van der Waals surface area contributed by atoms with Crippen LogP contribution in [0.5, 0.6) is 5.75 Å². The summed E-state index contributed by atoms with van der Waals surface area (Å²) in [6, 6.07) is 13.9. The van der Waals surface area contributed by atoms with Gasteiger partial charge in [-0.15, -0.1) is 0 Å². The van der Waals surface area contributed by atoms with E-state index in [0.717, 1.165) is 11.3 Å². The number of para-hydroxylation sites is 2. The highest BCUT2D eigenvalue weighted by Crippen LogP contribution is 2.27. The van der Waals surface area contributed by atoms with Gasteiger partial charge in [0.1, 0.15) is 5.75 Å². The Morgan fingerprint density at radius 1 is 0.923 bits per heavy atom. The van der Waals surface area contributed by atoms with E-state index in [1.165, 1.54) is 0 Å². The van der Waals surface area contributed by atoms with Gasteiger partial charge in [-0.2, -0.15) is 0 Å². The van der Waals surface area contributed by atoms with Gasteiger partial charge < -0.3 is 14.9 Å². The summed E-state index contributed by atoms with van der Waals surface area (Å²) in [6.07, 6.45) is 0. The lowest BCUT2D eigenvalue weighted by molar-refractivity contribution is 0.0929. The van der Waals surface area contributed by atoms with Crippen LogP contribution in [0.25, 0.3) is 0 Å². The lowest BCUT2D eigenvalue weighted by Gasteiger charge is -2.36. The fraction of sp³-hybridized carbons (Fsp3) is 0.263. The lowest BCUT2D eigenvalue weighted by atomic mass is 10.1. The molecule has 0 radical (unpaired) electrons. The van der Waals surface area contributed by atoms with E-state index in [0.29, 0.717) is 31.7 Å². The smallest absolute Gasteiger partial charge is 0.336 e. The van der Waals surface area contributed by atoms with Crippen LogP contribution in [0, 0.1) is 6.92 Å². The number of amides is 3. The number of phenols is 1. The maximum atomic E-state index is 12.2. The molecule has 0 saturated carbocycles. The van der Waals surface area contributed by atoms with E-state index in [-0.39, 0.29) is 17.7 Å². The van der Waals surface area contributed by atoms with Crippen molar-refractivity contribution in [1.29, 1.82) is 0 Å². The summed E-state index contributed by atoms with van der Waals surface area (Å²) in [5.74, 6) is -0.123. The number of nitrogens with one attached hydrogen (secondary N) is 2. The molecular formula is C19H22N4O3. The van der Waals surface area contributed by atoms with Crippen molar-refractivity contribution in [2.45, 2.75) is 6.92 Å². The van der Waals surface area contributed by atoms with Crippen LogP contribution in [0.15, 0.2) is 48.5 Å². The number of hydrogen-bond acceptors (Lipinski definition) is 4. The Labute approximate surface area is 152 Å². The first-order valence-electron chi connectivity index (χ1n) is 8.49. The lowest BCUT2D eigenvalue weighted by Crippen LogP contribution is -2.55. The molecule has 2 aromatic carbocycles. The molecule has 1 saturated heterocycles. The Hall–Kier alpha value is -3.22. The number of phenolic OH excluding ortho intramolecular Hbond substituents is 1. The van der Waals surface area contributed by atoms with Crippen molar-refractivity contribution < 1.29 is 14.7 Å². The van der Waals surface area contributed by atoms with Crippen molar-refractivity contribution >= 4 is 17.6 Å². The first kappa shape index (κ1) is 17.6. The summed E-state index contributed by atoms with van der Waals surface area (Å²) in [6.45, 7) is 4.16. The number of rotatable bonds is 2. The average Bonchev–Trinajstić information content (AvgIpc) is 2.67. The highest BCUT2D eigenvalue weighted by Gasteiger charge is 2.22. The van der Waals surface area contributed by atoms with Crippen LogP contribution in [0.4, 0.5) is 10.5 Å². The Bertz CT molecular complexity index is 784. The zero-order valence-electron chi connectivity index (χ0n) is 14.6. The molecule has 1 aliphatic heterocycles. The minimum Gasteiger partial charge on any atom is -0.506 e. The molecule has 3 rings (SSSR count). The fourth-order valence-corrected chi connectivity index (χ4v) is 2.85. The summed E-state index contributed by atoms with van der Waals surface area (Å²) in [5.41, 5.74) is 7.20. The van der Waals surface area contributed by atoms with Gasteiger partial charge in [0, 0.05) is 31.7 Å². The van der Waals surface area contributed by atoms with Gasteiger partial charge in [0.05, 0.1) is 5.69 Å². The van der Waals surface area contributed by atoms with Crippen LogP contribution < -0.4 is 15.8 Å². The summed E-state index contributed by atoms with van der Waals surface area (Å²) in [7, 11) is 0. The molecule has 0 aromatic heterocycles. The molecule has 0 spiro atoms. The van der Waals surface area contributed by atoms with Gasteiger partial charge in [0.15, 0.2) is 0 Å². The van der Waals surface area contributed by atoms with Crippen molar-refractivity contribution in [3.63, 3.8) is 0 Å². The van der Waals surface area contributed by atoms with Crippen molar-refractivity contribution in [2.24, 2.45) is 0 Å². The summed E-state index contributed by atoms with van der Waals surface area (Å²) < 4.78 is 0. The Morgan fingerprint density at radius 3 is 2.23 bits per heavy atom. The number of aromatic hydroxyl groups is 1. The number of urea groups is 1. The number of carbonyl (C=O) groups is 2. The molecule has 26 heavy (non-hydrogen) atoms. The molecule has 0 aliphatic carbocycles. The van der Waals surface area contributed by atoms with Gasteiger partial charge in [0.25, 0.3) is 5.91 Å². The van der Waals surface area contributed by atoms with Crippen LogP contribution in [-0.4, -0.2) is 48.1 Å². The second-order valence-corrected chi connectivity index (χ2v) is 6.21. The second-order valence-electron chi connectivity index (χ2n) is 6.21. The second kappa shape index (κ2) is 7.77. The van der Waals surface area contributed by atoms with E-state index in [4.69, 9.17) is 0 Å². The van der Waals surface area contributed by atoms with E-state index in [2.05, 4.69) is 10.9 Å². The monoisotopic (exact) mass is 354 g/mol. The minimum absolute atomic E-state index is 0.232. The number of anilines is 1. The predicted molar refractivity (Wildman–Crippen MR) is 99.1 cm³/mol. The highest BCUT2D eigenvalue weighted by atomic mass is 16.3. The molecule has 7 nitrogen and oxygen atoms in total. The molecular weight excluding hydrogens is 332 g/mol. The number of benzene rings is 2. The molecule has 0 atom stereocenters. The molecule has 1 fully saturated rings. The first-order valence-corrected chi connectivity index (χ1v) is 8.49. The third-order valence-corrected chi connectivity index (χ3v) is 4.39. The van der Waals surface area contributed by atoms with Gasteiger partial charge >= 0.3 is 6.03 Å². The zero-order valence-corrected chi connectivity index (χ0v) is 14.6. The number of aryl methyl sites for hydroxylation is 1. The Kier molecular flexibility index (Phi) is 5.26. The van der Waals surface area contributed by atoms with Gasteiger partial charge in [0.2, 0.25) is 0 Å². The van der Waals surface area contributed by atoms with Crippen molar-refractivity contribution in [2.75, 3.05) is 31.1 Å². The van der Waals surface area contributed by atoms with E-state index >= 15 is 0 Å². The first-order chi connectivity index (χ1) is 12.5.